The predicted molar refractivity (Wildman–Crippen MR) is 106 cm³/mol. The number of rotatable bonds is 8. The van der Waals surface area contributed by atoms with Crippen LogP contribution in [0.3, 0.4) is 0 Å². The lowest BCUT2D eigenvalue weighted by Gasteiger charge is -2.26. The van der Waals surface area contributed by atoms with E-state index < -0.39 is 10.0 Å². The number of amides is 1. The van der Waals surface area contributed by atoms with Crippen molar-refractivity contribution in [3.05, 3.63) is 16.3 Å². The normalized spacial score (nSPS) is 19.9. The number of hydrogen-bond donors (Lipinski definition) is 1. The van der Waals surface area contributed by atoms with Crippen LogP contribution in [0.15, 0.2) is 16.3 Å². The van der Waals surface area contributed by atoms with Gasteiger partial charge in [0.15, 0.2) is 0 Å². The molecule has 1 aromatic heterocycles. The Labute approximate surface area is 165 Å². The van der Waals surface area contributed by atoms with Crippen LogP contribution in [0.5, 0.6) is 0 Å². The van der Waals surface area contributed by atoms with Gasteiger partial charge in [-0.1, -0.05) is 6.42 Å². The molecule has 0 aromatic carbocycles. The highest BCUT2D eigenvalue weighted by atomic mass is 32.2. The van der Waals surface area contributed by atoms with Crippen LogP contribution in [0.4, 0.5) is 0 Å². The highest BCUT2D eigenvalue weighted by molar-refractivity contribution is 7.89. The second-order valence-electron chi connectivity index (χ2n) is 7.00. The van der Waals surface area contributed by atoms with Crippen molar-refractivity contribution < 1.29 is 17.9 Å². The summed E-state index contributed by atoms with van der Waals surface area (Å²) in [6.07, 6.45) is 4.71. The smallest absolute Gasteiger partial charge is 0.262 e. The summed E-state index contributed by atoms with van der Waals surface area (Å²) in [6.45, 7) is 6.18. The fourth-order valence-corrected chi connectivity index (χ4v) is 6.31. The first-order valence-electron chi connectivity index (χ1n) is 9.75. The Morgan fingerprint density at radius 3 is 2.59 bits per heavy atom. The third kappa shape index (κ3) is 5.51. The van der Waals surface area contributed by atoms with E-state index in [-0.39, 0.29) is 10.8 Å². The molecule has 152 valence electrons. The zero-order chi connectivity index (χ0) is 19.1. The minimum absolute atomic E-state index is 0.153. The Bertz CT molecular complexity index is 708. The highest BCUT2D eigenvalue weighted by Crippen LogP contribution is 2.27. The maximum Gasteiger partial charge on any atom is 0.262 e. The van der Waals surface area contributed by atoms with E-state index in [4.69, 9.17) is 4.74 Å². The van der Waals surface area contributed by atoms with Crippen molar-refractivity contribution in [2.75, 3.05) is 52.5 Å². The molecule has 2 aliphatic heterocycles. The minimum Gasteiger partial charge on any atom is -0.379 e. The van der Waals surface area contributed by atoms with Crippen LogP contribution in [-0.2, 0) is 14.8 Å². The Morgan fingerprint density at radius 1 is 1.11 bits per heavy atom. The zero-order valence-electron chi connectivity index (χ0n) is 15.7. The molecule has 1 aromatic rings. The molecule has 7 nitrogen and oxygen atoms in total. The molecule has 0 unspecified atom stereocenters. The third-order valence-electron chi connectivity index (χ3n) is 5.06. The van der Waals surface area contributed by atoms with Crippen LogP contribution in [0.25, 0.3) is 0 Å². The molecule has 2 fully saturated rings. The monoisotopic (exact) mass is 415 g/mol. The summed E-state index contributed by atoms with van der Waals surface area (Å²) in [7, 11) is -3.58. The molecule has 0 bridgehead atoms. The summed E-state index contributed by atoms with van der Waals surface area (Å²) >= 11 is 1.20. The molecule has 0 spiro atoms. The van der Waals surface area contributed by atoms with Crippen molar-refractivity contribution in [2.24, 2.45) is 0 Å². The van der Waals surface area contributed by atoms with Gasteiger partial charge in [0.1, 0.15) is 9.77 Å². The molecule has 0 atom stereocenters. The van der Waals surface area contributed by atoms with Gasteiger partial charge in [-0.3, -0.25) is 9.69 Å². The van der Waals surface area contributed by atoms with Gasteiger partial charge >= 0.3 is 0 Å². The van der Waals surface area contributed by atoms with Gasteiger partial charge in [-0.2, -0.15) is 4.31 Å². The van der Waals surface area contributed by atoms with Gasteiger partial charge in [0.25, 0.3) is 5.91 Å². The van der Waals surface area contributed by atoms with Crippen LogP contribution < -0.4 is 5.32 Å². The number of carbonyl (C=O) groups is 1. The van der Waals surface area contributed by atoms with Crippen molar-refractivity contribution >= 4 is 27.3 Å². The van der Waals surface area contributed by atoms with Gasteiger partial charge in [-0.25, -0.2) is 8.42 Å². The number of ether oxygens (including phenoxy) is 1. The Morgan fingerprint density at radius 2 is 1.85 bits per heavy atom. The maximum absolute atomic E-state index is 12.9. The fraction of sp³-hybridized carbons (Fsp3) is 0.722. The third-order valence-corrected chi connectivity index (χ3v) is 8.04. The van der Waals surface area contributed by atoms with E-state index in [9.17, 15) is 13.2 Å². The molecule has 0 saturated carbocycles. The number of nitrogens with one attached hydrogen (secondary N) is 1. The largest absolute Gasteiger partial charge is 0.379 e. The molecule has 1 amide bonds. The first kappa shape index (κ1) is 20.7. The maximum atomic E-state index is 12.9. The van der Waals surface area contributed by atoms with Crippen LogP contribution in [0, 0.1) is 0 Å². The number of morpholine rings is 1. The molecule has 2 saturated heterocycles. The molecule has 0 aliphatic carbocycles. The van der Waals surface area contributed by atoms with Gasteiger partial charge in [-0.15, -0.1) is 11.3 Å². The highest BCUT2D eigenvalue weighted by Gasteiger charge is 2.30. The van der Waals surface area contributed by atoms with E-state index >= 15 is 0 Å². The predicted octanol–water partition coefficient (Wildman–Crippen LogP) is 1.76. The molecule has 27 heavy (non-hydrogen) atoms. The SMILES string of the molecule is O=C(NCCCCN1CCOCC1)c1sccc1S(=O)(=O)N1CCCCC1. The van der Waals surface area contributed by atoms with E-state index in [2.05, 4.69) is 10.2 Å². The summed E-state index contributed by atoms with van der Waals surface area (Å²) in [4.78, 5) is 15.3. The van der Waals surface area contributed by atoms with E-state index in [0.29, 0.717) is 24.5 Å². The van der Waals surface area contributed by atoms with Crippen LogP contribution in [0.1, 0.15) is 41.8 Å². The Kier molecular flexibility index (Phi) is 7.66. The number of thiophene rings is 1. The van der Waals surface area contributed by atoms with Crippen molar-refractivity contribution in [3.63, 3.8) is 0 Å². The number of piperidine rings is 1. The van der Waals surface area contributed by atoms with Crippen molar-refractivity contribution in [1.82, 2.24) is 14.5 Å². The second-order valence-corrected chi connectivity index (χ2v) is 9.82. The summed E-state index contributed by atoms with van der Waals surface area (Å²) in [5.74, 6) is -0.285. The van der Waals surface area contributed by atoms with Crippen LogP contribution >= 0.6 is 11.3 Å². The Balaban J connectivity index is 1.48. The summed E-state index contributed by atoms with van der Waals surface area (Å²) in [6, 6.07) is 1.56. The van der Waals surface area contributed by atoms with E-state index in [0.717, 1.165) is 65.0 Å². The molecule has 0 radical (unpaired) electrons. The van der Waals surface area contributed by atoms with E-state index in [1.54, 1.807) is 11.4 Å². The molecule has 3 heterocycles. The van der Waals surface area contributed by atoms with Gasteiger partial charge in [0.05, 0.1) is 13.2 Å². The number of hydrogen-bond acceptors (Lipinski definition) is 6. The molecule has 2 aliphatic rings. The molecule has 1 N–H and O–H groups in total. The van der Waals surface area contributed by atoms with Gasteiger partial charge in [0.2, 0.25) is 10.0 Å². The minimum atomic E-state index is -3.58. The molecule has 3 rings (SSSR count). The number of nitrogens with zero attached hydrogens (tertiary/aromatic N) is 2. The standard InChI is InChI=1S/C18H29N3O4S2/c22-18(19-7-2-5-8-20-11-13-25-14-12-20)17-16(6-15-26-17)27(23,24)21-9-3-1-4-10-21/h6,15H,1-5,7-14H2,(H,19,22). The van der Waals surface area contributed by atoms with Crippen LogP contribution in [0.2, 0.25) is 0 Å². The number of carbonyl (C=O) groups excluding carboxylic acids is 1. The number of unbranched alkanes of at least 4 members (excludes halogenated alkanes) is 1. The van der Waals surface area contributed by atoms with Crippen LogP contribution in [-0.4, -0.2) is 76.0 Å². The topological polar surface area (TPSA) is 79.0 Å². The lowest BCUT2D eigenvalue weighted by Crippen LogP contribution is -2.37. The quantitative estimate of drug-likeness (QED) is 0.655. The first-order chi connectivity index (χ1) is 13.1. The zero-order valence-corrected chi connectivity index (χ0v) is 17.3. The molecule has 9 heteroatoms. The Hall–Kier alpha value is -1.00. The summed E-state index contributed by atoms with van der Waals surface area (Å²) in [5.41, 5.74) is 0. The average Bonchev–Trinajstić information content (AvgIpc) is 3.20. The van der Waals surface area contributed by atoms with Gasteiger partial charge < -0.3 is 10.1 Å². The van der Waals surface area contributed by atoms with Crippen molar-refractivity contribution in [3.8, 4) is 0 Å². The van der Waals surface area contributed by atoms with Crippen molar-refractivity contribution in [1.29, 1.82) is 0 Å². The first-order valence-corrected chi connectivity index (χ1v) is 12.1. The fourth-order valence-electron chi connectivity index (χ4n) is 3.48. The molecular formula is C18H29N3O4S2. The number of sulfonamides is 1. The molecular weight excluding hydrogens is 386 g/mol. The van der Waals surface area contributed by atoms with Gasteiger partial charge in [0, 0.05) is 32.7 Å². The van der Waals surface area contributed by atoms with E-state index in [1.165, 1.54) is 15.6 Å². The second kappa shape index (κ2) is 9.97. The van der Waals surface area contributed by atoms with Crippen molar-refractivity contribution in [2.45, 2.75) is 37.0 Å². The average molecular weight is 416 g/mol. The van der Waals surface area contributed by atoms with E-state index in [1.807, 2.05) is 0 Å². The van der Waals surface area contributed by atoms with Gasteiger partial charge in [-0.05, 0) is 43.7 Å². The summed E-state index contributed by atoms with van der Waals surface area (Å²) in [5, 5.41) is 4.57. The lowest BCUT2D eigenvalue weighted by molar-refractivity contribution is 0.0372. The lowest BCUT2D eigenvalue weighted by atomic mass is 10.2. The summed E-state index contributed by atoms with van der Waals surface area (Å²) < 4.78 is 32.6.